The van der Waals surface area contributed by atoms with Gasteiger partial charge in [0.2, 0.25) is 5.91 Å². The number of rotatable bonds is 4. The Morgan fingerprint density at radius 3 is 2.44 bits per heavy atom. The van der Waals surface area contributed by atoms with Gasteiger partial charge in [-0.25, -0.2) is 4.79 Å². The Morgan fingerprint density at radius 1 is 1.08 bits per heavy atom. The van der Waals surface area contributed by atoms with Crippen molar-refractivity contribution in [3.8, 4) is 0 Å². The quantitative estimate of drug-likeness (QED) is 0.868. The summed E-state index contributed by atoms with van der Waals surface area (Å²) in [6.45, 7) is 3.97. The van der Waals surface area contributed by atoms with E-state index in [1.165, 1.54) is 0 Å². The van der Waals surface area contributed by atoms with E-state index in [2.05, 4.69) is 5.32 Å². The fourth-order valence-corrected chi connectivity index (χ4v) is 3.06. The molecule has 0 radical (unpaired) electrons. The Labute approximate surface area is 147 Å². The molecule has 2 aromatic carbocycles. The molecule has 0 aliphatic carbocycles. The van der Waals surface area contributed by atoms with Gasteiger partial charge in [0.05, 0.1) is 5.57 Å². The van der Waals surface area contributed by atoms with Crippen LogP contribution in [-0.2, 0) is 20.9 Å². The average Bonchev–Trinajstić information content (AvgIpc) is 2.60. The van der Waals surface area contributed by atoms with Crippen LogP contribution in [0.4, 0.5) is 0 Å². The summed E-state index contributed by atoms with van der Waals surface area (Å²) in [7, 11) is 0. The predicted octanol–water partition coefficient (Wildman–Crippen LogP) is 3.62. The zero-order chi connectivity index (χ0) is 17.8. The third kappa shape index (κ3) is 3.97. The summed E-state index contributed by atoms with van der Waals surface area (Å²) in [6.07, 6.45) is 0.246. The fraction of sp³-hybridized carbons (Fsp3) is 0.238. The van der Waals surface area contributed by atoms with E-state index in [4.69, 9.17) is 4.74 Å². The summed E-state index contributed by atoms with van der Waals surface area (Å²) in [6, 6.07) is 17.5. The Balaban J connectivity index is 1.84. The number of carbonyl (C=O) groups is 2. The molecule has 1 aliphatic rings. The highest BCUT2D eigenvalue weighted by Crippen LogP contribution is 2.33. The minimum absolute atomic E-state index is 0.0808. The number of benzene rings is 2. The second-order valence-electron chi connectivity index (χ2n) is 6.32. The fourth-order valence-electron chi connectivity index (χ4n) is 3.06. The van der Waals surface area contributed by atoms with Crippen molar-refractivity contribution in [3.63, 3.8) is 0 Å². The van der Waals surface area contributed by atoms with Crippen LogP contribution in [0.2, 0.25) is 0 Å². The molecule has 1 N–H and O–H groups in total. The highest BCUT2D eigenvalue weighted by atomic mass is 16.5. The van der Waals surface area contributed by atoms with E-state index in [0.29, 0.717) is 11.3 Å². The maximum absolute atomic E-state index is 12.7. The van der Waals surface area contributed by atoms with Gasteiger partial charge in [-0.2, -0.15) is 0 Å². The van der Waals surface area contributed by atoms with Crippen LogP contribution in [-0.4, -0.2) is 11.9 Å². The minimum Gasteiger partial charge on any atom is -0.457 e. The van der Waals surface area contributed by atoms with Gasteiger partial charge in [0.15, 0.2) is 0 Å². The van der Waals surface area contributed by atoms with Crippen molar-refractivity contribution in [1.82, 2.24) is 5.32 Å². The molecule has 1 atom stereocenters. The summed E-state index contributed by atoms with van der Waals surface area (Å²) in [5, 5.41) is 2.76. The Hall–Kier alpha value is -2.88. The first-order valence-corrected chi connectivity index (χ1v) is 8.33. The lowest BCUT2D eigenvalue weighted by Gasteiger charge is -2.26. The predicted molar refractivity (Wildman–Crippen MR) is 95.6 cm³/mol. The zero-order valence-electron chi connectivity index (χ0n) is 14.4. The number of amides is 1. The molecule has 1 heterocycles. The first-order chi connectivity index (χ1) is 12.0. The second kappa shape index (κ2) is 7.34. The molecule has 128 valence electrons. The van der Waals surface area contributed by atoms with Crippen LogP contribution in [0.15, 0.2) is 65.9 Å². The maximum atomic E-state index is 12.7. The van der Waals surface area contributed by atoms with Gasteiger partial charge in [-0.1, -0.05) is 60.2 Å². The van der Waals surface area contributed by atoms with Gasteiger partial charge in [-0.15, -0.1) is 0 Å². The number of esters is 1. The third-order valence-electron chi connectivity index (χ3n) is 4.38. The van der Waals surface area contributed by atoms with Gasteiger partial charge in [0, 0.05) is 18.0 Å². The van der Waals surface area contributed by atoms with Crippen LogP contribution in [0.3, 0.4) is 0 Å². The molecule has 4 nitrogen and oxygen atoms in total. The molecule has 1 unspecified atom stereocenters. The van der Waals surface area contributed by atoms with E-state index in [1.807, 2.05) is 61.5 Å². The summed E-state index contributed by atoms with van der Waals surface area (Å²) >= 11 is 0. The molecule has 25 heavy (non-hydrogen) atoms. The van der Waals surface area contributed by atoms with Crippen LogP contribution in [0.5, 0.6) is 0 Å². The van der Waals surface area contributed by atoms with Gasteiger partial charge in [0.1, 0.15) is 6.61 Å². The highest BCUT2D eigenvalue weighted by molar-refractivity contribution is 5.95. The lowest BCUT2D eigenvalue weighted by molar-refractivity contribution is -0.141. The van der Waals surface area contributed by atoms with E-state index in [0.717, 1.165) is 16.7 Å². The van der Waals surface area contributed by atoms with Crippen LogP contribution in [0.25, 0.3) is 0 Å². The second-order valence-corrected chi connectivity index (χ2v) is 6.32. The van der Waals surface area contributed by atoms with Crippen LogP contribution in [0.1, 0.15) is 36.0 Å². The van der Waals surface area contributed by atoms with Gasteiger partial charge >= 0.3 is 5.97 Å². The molecule has 0 fully saturated rings. The van der Waals surface area contributed by atoms with E-state index in [9.17, 15) is 9.59 Å². The van der Waals surface area contributed by atoms with Gasteiger partial charge in [-0.05, 0) is 25.0 Å². The maximum Gasteiger partial charge on any atom is 0.336 e. The van der Waals surface area contributed by atoms with Crippen molar-refractivity contribution in [2.45, 2.75) is 32.8 Å². The molecule has 0 saturated carbocycles. The number of hydrogen-bond donors (Lipinski definition) is 1. The SMILES string of the molecule is CC1=C(C(=O)OCc2ccccc2)C(c2ccc(C)cc2)CC(=O)N1. The molecule has 1 amide bonds. The first-order valence-electron chi connectivity index (χ1n) is 8.33. The molecular formula is C21H21NO3. The monoisotopic (exact) mass is 335 g/mol. The molecule has 1 aliphatic heterocycles. The van der Waals surface area contributed by atoms with E-state index in [1.54, 1.807) is 6.92 Å². The van der Waals surface area contributed by atoms with Crippen LogP contribution in [0, 0.1) is 6.92 Å². The molecule has 0 aromatic heterocycles. The smallest absolute Gasteiger partial charge is 0.336 e. The van der Waals surface area contributed by atoms with E-state index >= 15 is 0 Å². The van der Waals surface area contributed by atoms with Crippen molar-refractivity contribution in [2.24, 2.45) is 0 Å². The molecule has 0 saturated heterocycles. The lowest BCUT2D eigenvalue weighted by Crippen LogP contribution is -2.34. The molecule has 3 rings (SSSR count). The third-order valence-corrected chi connectivity index (χ3v) is 4.38. The molecule has 4 heteroatoms. The average molecular weight is 335 g/mol. The number of allylic oxidation sites excluding steroid dienone is 1. The Kier molecular flexibility index (Phi) is 4.98. The number of aryl methyl sites for hydroxylation is 1. The molecular weight excluding hydrogens is 314 g/mol. The van der Waals surface area contributed by atoms with Gasteiger partial charge in [-0.3, -0.25) is 4.79 Å². The summed E-state index contributed by atoms with van der Waals surface area (Å²) in [5.74, 6) is -0.743. The highest BCUT2D eigenvalue weighted by Gasteiger charge is 2.32. The summed E-state index contributed by atoms with van der Waals surface area (Å²) < 4.78 is 5.50. The standard InChI is InChI=1S/C21H21NO3/c1-14-8-10-17(11-9-14)18-12-19(23)22-15(2)20(18)21(24)25-13-16-6-4-3-5-7-16/h3-11,18H,12-13H2,1-2H3,(H,22,23). The van der Waals surface area contributed by atoms with E-state index in [-0.39, 0.29) is 30.8 Å². The van der Waals surface area contributed by atoms with Crippen LogP contribution < -0.4 is 5.32 Å². The van der Waals surface area contributed by atoms with Crippen molar-refractivity contribution < 1.29 is 14.3 Å². The van der Waals surface area contributed by atoms with Crippen molar-refractivity contribution in [2.75, 3.05) is 0 Å². The van der Waals surface area contributed by atoms with Crippen molar-refractivity contribution >= 4 is 11.9 Å². The first kappa shape index (κ1) is 17.0. The number of ether oxygens (including phenoxy) is 1. The van der Waals surface area contributed by atoms with E-state index < -0.39 is 0 Å². The Morgan fingerprint density at radius 2 is 1.76 bits per heavy atom. The Bertz CT molecular complexity index is 807. The van der Waals surface area contributed by atoms with Crippen molar-refractivity contribution in [3.05, 3.63) is 82.6 Å². The normalized spacial score (nSPS) is 17.2. The molecule has 2 aromatic rings. The number of carbonyl (C=O) groups excluding carboxylic acids is 2. The number of nitrogens with one attached hydrogen (secondary N) is 1. The van der Waals surface area contributed by atoms with Crippen LogP contribution >= 0.6 is 0 Å². The zero-order valence-corrected chi connectivity index (χ0v) is 14.4. The summed E-state index contributed by atoms with van der Waals surface area (Å²) in [5.41, 5.74) is 4.12. The minimum atomic E-state index is -0.382. The molecule has 0 bridgehead atoms. The largest absolute Gasteiger partial charge is 0.457 e. The topological polar surface area (TPSA) is 55.4 Å². The summed E-state index contributed by atoms with van der Waals surface area (Å²) in [4.78, 5) is 24.7. The number of hydrogen-bond acceptors (Lipinski definition) is 3. The van der Waals surface area contributed by atoms with Gasteiger partial charge in [0.25, 0.3) is 0 Å². The lowest BCUT2D eigenvalue weighted by atomic mass is 9.84. The molecule has 0 spiro atoms. The van der Waals surface area contributed by atoms with Crippen molar-refractivity contribution in [1.29, 1.82) is 0 Å². The van der Waals surface area contributed by atoms with Gasteiger partial charge < -0.3 is 10.1 Å².